The molecule has 2 aromatic heterocycles. The Labute approximate surface area is 146 Å². The molecule has 0 saturated carbocycles. The molecule has 0 radical (unpaired) electrons. The molecule has 0 amide bonds. The fourth-order valence-electron chi connectivity index (χ4n) is 2.76. The first-order valence-electron chi connectivity index (χ1n) is 8.10. The average molecular weight is 336 g/mol. The Morgan fingerprint density at radius 1 is 1.32 bits per heavy atom. The van der Waals surface area contributed by atoms with Crippen molar-refractivity contribution in [1.29, 1.82) is 5.26 Å². The van der Waals surface area contributed by atoms with E-state index in [1.54, 1.807) is 30.5 Å². The highest BCUT2D eigenvalue weighted by atomic mass is 16.4. The van der Waals surface area contributed by atoms with Crippen molar-refractivity contribution in [1.82, 2.24) is 15.1 Å². The summed E-state index contributed by atoms with van der Waals surface area (Å²) in [6.45, 7) is 4.42. The number of furan rings is 1. The number of hydrogen-bond acceptors (Lipinski definition) is 5. The molecule has 0 fully saturated rings. The SMILES string of the molecule is Cc1c([C@H](C)NC[C@@H](O)c2ccco2)cnn1-c1ccc(C#N)cc1. The third-order valence-corrected chi connectivity index (χ3v) is 4.24. The number of nitrogens with one attached hydrogen (secondary N) is 1. The third-order valence-electron chi connectivity index (χ3n) is 4.24. The van der Waals surface area contributed by atoms with Crippen LogP contribution in [0.1, 0.15) is 41.7 Å². The summed E-state index contributed by atoms with van der Waals surface area (Å²) in [7, 11) is 0. The van der Waals surface area contributed by atoms with Gasteiger partial charge in [-0.05, 0) is 50.2 Å². The zero-order valence-electron chi connectivity index (χ0n) is 14.2. The summed E-state index contributed by atoms with van der Waals surface area (Å²) in [5, 5.41) is 26.8. The Morgan fingerprint density at radius 2 is 2.08 bits per heavy atom. The van der Waals surface area contributed by atoms with Gasteiger partial charge in [0.2, 0.25) is 0 Å². The van der Waals surface area contributed by atoms with Crippen LogP contribution in [-0.4, -0.2) is 21.4 Å². The Bertz CT molecular complexity index is 860. The third kappa shape index (κ3) is 3.63. The molecule has 128 valence electrons. The fraction of sp³-hybridized carbons (Fsp3) is 0.263. The van der Waals surface area contributed by atoms with Gasteiger partial charge >= 0.3 is 0 Å². The number of aliphatic hydroxyl groups is 1. The van der Waals surface area contributed by atoms with Crippen LogP contribution < -0.4 is 5.32 Å². The first-order chi connectivity index (χ1) is 12.1. The second kappa shape index (κ2) is 7.34. The summed E-state index contributed by atoms with van der Waals surface area (Å²) in [5.74, 6) is 0.546. The lowest BCUT2D eigenvalue weighted by molar-refractivity contribution is 0.144. The Morgan fingerprint density at radius 3 is 2.72 bits per heavy atom. The molecule has 0 bridgehead atoms. The van der Waals surface area contributed by atoms with Crippen LogP contribution in [0.2, 0.25) is 0 Å². The van der Waals surface area contributed by atoms with Gasteiger partial charge in [-0.3, -0.25) is 0 Å². The molecule has 6 heteroatoms. The molecule has 3 aromatic rings. The van der Waals surface area contributed by atoms with Crippen molar-refractivity contribution in [3.05, 3.63) is 71.4 Å². The molecule has 2 heterocycles. The molecular weight excluding hydrogens is 316 g/mol. The largest absolute Gasteiger partial charge is 0.467 e. The number of nitrogens with zero attached hydrogens (tertiary/aromatic N) is 3. The monoisotopic (exact) mass is 336 g/mol. The van der Waals surface area contributed by atoms with E-state index in [-0.39, 0.29) is 6.04 Å². The van der Waals surface area contributed by atoms with E-state index >= 15 is 0 Å². The van der Waals surface area contributed by atoms with Crippen molar-refractivity contribution in [3.63, 3.8) is 0 Å². The molecule has 2 atom stereocenters. The van der Waals surface area contributed by atoms with Gasteiger partial charge in [0.25, 0.3) is 0 Å². The molecule has 0 aliphatic rings. The van der Waals surface area contributed by atoms with Gasteiger partial charge in [-0.15, -0.1) is 0 Å². The number of benzene rings is 1. The number of aromatic nitrogens is 2. The van der Waals surface area contributed by atoms with Crippen LogP contribution in [0.3, 0.4) is 0 Å². The van der Waals surface area contributed by atoms with E-state index in [9.17, 15) is 5.11 Å². The lowest BCUT2D eigenvalue weighted by atomic mass is 10.1. The summed E-state index contributed by atoms with van der Waals surface area (Å²) in [6, 6.07) is 13.0. The molecule has 3 rings (SSSR count). The van der Waals surface area contributed by atoms with Crippen LogP contribution in [0.5, 0.6) is 0 Å². The predicted octanol–water partition coefficient (Wildman–Crippen LogP) is 3.03. The molecule has 0 spiro atoms. The Balaban J connectivity index is 1.70. The predicted molar refractivity (Wildman–Crippen MR) is 93.1 cm³/mol. The van der Waals surface area contributed by atoms with Crippen LogP contribution in [0.25, 0.3) is 5.69 Å². The van der Waals surface area contributed by atoms with Crippen molar-refractivity contribution in [2.24, 2.45) is 0 Å². The molecule has 2 N–H and O–H groups in total. The van der Waals surface area contributed by atoms with Crippen LogP contribution in [0.15, 0.2) is 53.3 Å². The number of aliphatic hydroxyl groups excluding tert-OH is 1. The molecule has 0 unspecified atom stereocenters. The lowest BCUT2D eigenvalue weighted by Gasteiger charge is -2.16. The molecular formula is C19H20N4O2. The minimum absolute atomic E-state index is 0.0248. The van der Waals surface area contributed by atoms with Gasteiger partial charge in [0, 0.05) is 23.8 Å². The summed E-state index contributed by atoms with van der Waals surface area (Å²) >= 11 is 0. The van der Waals surface area contributed by atoms with Gasteiger partial charge in [-0.2, -0.15) is 10.4 Å². The van der Waals surface area contributed by atoms with Gasteiger partial charge in [-0.1, -0.05) is 0 Å². The van der Waals surface area contributed by atoms with Gasteiger partial charge in [-0.25, -0.2) is 4.68 Å². The highest BCUT2D eigenvalue weighted by Crippen LogP contribution is 2.21. The van der Waals surface area contributed by atoms with E-state index in [1.165, 1.54) is 0 Å². The van der Waals surface area contributed by atoms with Crippen molar-refractivity contribution in [2.45, 2.75) is 26.0 Å². The summed E-state index contributed by atoms with van der Waals surface area (Å²) in [6.07, 6.45) is 2.68. The number of hydrogen-bond donors (Lipinski definition) is 2. The van der Waals surface area contributed by atoms with Crippen molar-refractivity contribution >= 4 is 0 Å². The fourth-order valence-corrected chi connectivity index (χ4v) is 2.76. The maximum atomic E-state index is 10.1. The van der Waals surface area contributed by atoms with Crippen LogP contribution in [0, 0.1) is 18.3 Å². The van der Waals surface area contributed by atoms with Crippen molar-refractivity contribution < 1.29 is 9.52 Å². The molecule has 0 aliphatic carbocycles. The number of nitriles is 1. The van der Waals surface area contributed by atoms with E-state index in [2.05, 4.69) is 16.5 Å². The van der Waals surface area contributed by atoms with Gasteiger partial charge < -0.3 is 14.8 Å². The van der Waals surface area contributed by atoms with E-state index in [1.807, 2.05) is 36.9 Å². The van der Waals surface area contributed by atoms with Gasteiger partial charge in [0.05, 0.1) is 29.8 Å². The minimum atomic E-state index is -0.689. The second-order valence-corrected chi connectivity index (χ2v) is 5.92. The highest BCUT2D eigenvalue weighted by molar-refractivity contribution is 5.41. The maximum Gasteiger partial charge on any atom is 0.133 e. The summed E-state index contributed by atoms with van der Waals surface area (Å²) in [5.41, 5.74) is 3.59. The average Bonchev–Trinajstić information content (AvgIpc) is 3.29. The number of rotatable bonds is 6. The maximum absolute atomic E-state index is 10.1. The zero-order valence-corrected chi connectivity index (χ0v) is 14.2. The quantitative estimate of drug-likeness (QED) is 0.722. The second-order valence-electron chi connectivity index (χ2n) is 5.92. The van der Waals surface area contributed by atoms with Gasteiger partial charge in [0.1, 0.15) is 11.9 Å². The first-order valence-corrected chi connectivity index (χ1v) is 8.10. The summed E-state index contributed by atoms with van der Waals surface area (Å²) < 4.78 is 7.05. The summed E-state index contributed by atoms with van der Waals surface area (Å²) in [4.78, 5) is 0. The van der Waals surface area contributed by atoms with E-state index in [0.717, 1.165) is 16.9 Å². The van der Waals surface area contributed by atoms with E-state index < -0.39 is 6.10 Å². The smallest absolute Gasteiger partial charge is 0.133 e. The zero-order chi connectivity index (χ0) is 17.8. The van der Waals surface area contributed by atoms with Crippen molar-refractivity contribution in [3.8, 4) is 11.8 Å². The van der Waals surface area contributed by atoms with E-state index in [0.29, 0.717) is 17.9 Å². The highest BCUT2D eigenvalue weighted by Gasteiger charge is 2.17. The van der Waals surface area contributed by atoms with E-state index in [4.69, 9.17) is 9.68 Å². The lowest BCUT2D eigenvalue weighted by Crippen LogP contribution is -2.24. The minimum Gasteiger partial charge on any atom is -0.467 e. The van der Waals surface area contributed by atoms with Crippen LogP contribution in [0.4, 0.5) is 0 Å². The molecule has 0 saturated heterocycles. The topological polar surface area (TPSA) is 87.0 Å². The Kier molecular flexibility index (Phi) is 4.98. The standard InChI is InChI=1S/C19H20N4O2/c1-13(21-12-18(24)19-4-3-9-25-19)17-11-22-23(14(17)2)16-7-5-15(10-20)6-8-16/h3-9,11,13,18,21,24H,12H2,1-2H3/t13-,18+/m0/s1. The van der Waals surface area contributed by atoms with Crippen molar-refractivity contribution in [2.75, 3.05) is 6.54 Å². The van der Waals surface area contributed by atoms with Crippen LogP contribution in [-0.2, 0) is 0 Å². The molecule has 6 nitrogen and oxygen atoms in total. The first kappa shape index (κ1) is 17.0. The normalized spacial score (nSPS) is 13.4. The Hall–Kier alpha value is -2.88. The molecule has 25 heavy (non-hydrogen) atoms. The molecule has 0 aliphatic heterocycles. The molecule has 1 aromatic carbocycles. The van der Waals surface area contributed by atoms with Gasteiger partial charge in [0.15, 0.2) is 0 Å². The van der Waals surface area contributed by atoms with Crippen LogP contribution >= 0.6 is 0 Å².